The molecule has 1 aromatic rings. The summed E-state index contributed by atoms with van der Waals surface area (Å²) in [6, 6.07) is 5.35. The average Bonchev–Trinajstić information content (AvgIpc) is 3.07. The summed E-state index contributed by atoms with van der Waals surface area (Å²) in [5.74, 6) is 1.17. The molecule has 2 rings (SSSR count). The summed E-state index contributed by atoms with van der Waals surface area (Å²) in [5.41, 5.74) is 1.12. The van der Waals surface area contributed by atoms with Crippen LogP contribution in [0.25, 0.3) is 0 Å². The highest BCUT2D eigenvalue weighted by Gasteiger charge is 2.19. The van der Waals surface area contributed by atoms with Gasteiger partial charge in [0, 0.05) is 6.54 Å². The molecule has 0 amide bonds. The van der Waals surface area contributed by atoms with Crippen molar-refractivity contribution in [3.8, 4) is 5.75 Å². The Morgan fingerprint density at radius 2 is 2.19 bits per heavy atom. The topological polar surface area (TPSA) is 32.3 Å². The molecule has 0 saturated heterocycles. The van der Waals surface area contributed by atoms with E-state index < -0.39 is 0 Å². The van der Waals surface area contributed by atoms with E-state index in [9.17, 15) is 5.11 Å². The second-order valence-corrected chi connectivity index (χ2v) is 4.96. The number of benzene rings is 1. The highest BCUT2D eigenvalue weighted by atomic mass is 35.5. The first-order chi connectivity index (χ1) is 7.75. The second kappa shape index (κ2) is 5.55. The largest absolute Gasteiger partial charge is 0.506 e. The Balaban J connectivity index is 1.65. The molecule has 2 N–H and O–H groups in total. The van der Waals surface area contributed by atoms with Crippen LogP contribution in [0.5, 0.6) is 5.75 Å². The molecule has 2 nitrogen and oxygen atoms in total. The molecule has 0 heterocycles. The highest BCUT2D eigenvalue weighted by molar-refractivity contribution is 6.32. The molecule has 0 bridgehead atoms. The number of nitrogens with one attached hydrogen (secondary N) is 1. The smallest absolute Gasteiger partial charge is 0.134 e. The fraction of sp³-hybridized carbons (Fsp3) is 0.538. The van der Waals surface area contributed by atoms with Gasteiger partial charge in [0.15, 0.2) is 0 Å². The summed E-state index contributed by atoms with van der Waals surface area (Å²) in [7, 11) is 0. The van der Waals surface area contributed by atoms with E-state index in [2.05, 4.69) is 5.32 Å². The minimum atomic E-state index is 0.152. The molecule has 3 heteroatoms. The Bertz CT molecular complexity index is 350. The van der Waals surface area contributed by atoms with Crippen molar-refractivity contribution in [2.45, 2.75) is 32.2 Å². The van der Waals surface area contributed by atoms with Crippen LogP contribution in [0, 0.1) is 5.92 Å². The number of hydrogen-bond donors (Lipinski definition) is 2. The standard InChI is InChI=1S/C13H18ClNO/c14-12-8-11(5-6-13(12)16)9-15-7-1-2-10-3-4-10/h5-6,8,10,15-16H,1-4,7,9H2. The molecule has 1 aliphatic carbocycles. The van der Waals surface area contributed by atoms with Gasteiger partial charge in [-0.05, 0) is 43.0 Å². The minimum absolute atomic E-state index is 0.152. The van der Waals surface area contributed by atoms with Gasteiger partial charge in [0.25, 0.3) is 0 Å². The van der Waals surface area contributed by atoms with Crippen LogP contribution in [-0.2, 0) is 6.54 Å². The van der Waals surface area contributed by atoms with Crippen LogP contribution in [0.4, 0.5) is 0 Å². The molecule has 1 aliphatic rings. The predicted molar refractivity (Wildman–Crippen MR) is 66.8 cm³/mol. The van der Waals surface area contributed by atoms with Gasteiger partial charge in [-0.15, -0.1) is 0 Å². The lowest BCUT2D eigenvalue weighted by Gasteiger charge is -2.05. The number of aromatic hydroxyl groups is 1. The van der Waals surface area contributed by atoms with Gasteiger partial charge in [0.05, 0.1) is 5.02 Å². The summed E-state index contributed by atoms with van der Waals surface area (Å²) >= 11 is 5.83. The van der Waals surface area contributed by atoms with Gasteiger partial charge in [-0.3, -0.25) is 0 Å². The third-order valence-corrected chi connectivity index (χ3v) is 3.31. The van der Waals surface area contributed by atoms with E-state index in [-0.39, 0.29) is 5.75 Å². The maximum atomic E-state index is 9.27. The quantitative estimate of drug-likeness (QED) is 0.747. The summed E-state index contributed by atoms with van der Waals surface area (Å²) in [4.78, 5) is 0. The fourth-order valence-corrected chi connectivity index (χ4v) is 2.02. The second-order valence-electron chi connectivity index (χ2n) is 4.55. The van der Waals surface area contributed by atoms with Crippen LogP contribution in [-0.4, -0.2) is 11.7 Å². The third kappa shape index (κ3) is 3.69. The monoisotopic (exact) mass is 239 g/mol. The lowest BCUT2D eigenvalue weighted by atomic mass is 10.2. The van der Waals surface area contributed by atoms with Gasteiger partial charge >= 0.3 is 0 Å². The Hall–Kier alpha value is -0.730. The number of hydrogen-bond acceptors (Lipinski definition) is 2. The number of phenolic OH excluding ortho intramolecular Hbond substituents is 1. The molecule has 0 radical (unpaired) electrons. The maximum Gasteiger partial charge on any atom is 0.134 e. The molecular weight excluding hydrogens is 222 g/mol. The SMILES string of the molecule is Oc1ccc(CNCCCC2CC2)cc1Cl. The molecule has 1 fully saturated rings. The van der Waals surface area contributed by atoms with Crippen LogP contribution < -0.4 is 5.32 Å². The van der Waals surface area contributed by atoms with Crippen LogP contribution in [0.3, 0.4) is 0 Å². The molecule has 0 spiro atoms. The lowest BCUT2D eigenvalue weighted by molar-refractivity contribution is 0.475. The normalized spacial score (nSPS) is 15.3. The molecule has 1 saturated carbocycles. The van der Waals surface area contributed by atoms with Crippen molar-refractivity contribution in [2.75, 3.05) is 6.54 Å². The van der Waals surface area contributed by atoms with Crippen molar-refractivity contribution in [2.24, 2.45) is 5.92 Å². The third-order valence-electron chi connectivity index (χ3n) is 3.00. The van der Waals surface area contributed by atoms with Gasteiger partial charge in [0.2, 0.25) is 0 Å². The number of halogens is 1. The fourth-order valence-electron chi connectivity index (χ4n) is 1.82. The van der Waals surface area contributed by atoms with E-state index in [0.29, 0.717) is 5.02 Å². The molecule has 0 aromatic heterocycles. The highest BCUT2D eigenvalue weighted by Crippen LogP contribution is 2.33. The first-order valence-electron chi connectivity index (χ1n) is 5.94. The van der Waals surface area contributed by atoms with Crippen LogP contribution in [0.2, 0.25) is 5.02 Å². The summed E-state index contributed by atoms with van der Waals surface area (Å²) in [5, 5.41) is 13.1. The van der Waals surface area contributed by atoms with E-state index in [1.807, 2.05) is 12.1 Å². The zero-order chi connectivity index (χ0) is 11.4. The van der Waals surface area contributed by atoms with Crippen molar-refractivity contribution >= 4 is 11.6 Å². The summed E-state index contributed by atoms with van der Waals surface area (Å²) in [6.45, 7) is 1.89. The van der Waals surface area contributed by atoms with E-state index >= 15 is 0 Å². The minimum Gasteiger partial charge on any atom is -0.506 e. The number of phenols is 1. The lowest BCUT2D eigenvalue weighted by Crippen LogP contribution is -2.14. The van der Waals surface area contributed by atoms with Gasteiger partial charge in [-0.2, -0.15) is 0 Å². The van der Waals surface area contributed by atoms with E-state index in [1.54, 1.807) is 6.07 Å². The van der Waals surface area contributed by atoms with Crippen molar-refractivity contribution in [3.05, 3.63) is 28.8 Å². The number of rotatable bonds is 6. The average molecular weight is 240 g/mol. The van der Waals surface area contributed by atoms with Crippen molar-refractivity contribution in [1.82, 2.24) is 5.32 Å². The molecular formula is C13H18ClNO. The van der Waals surface area contributed by atoms with Gasteiger partial charge < -0.3 is 10.4 Å². The van der Waals surface area contributed by atoms with Crippen LogP contribution >= 0.6 is 11.6 Å². The Morgan fingerprint density at radius 1 is 1.38 bits per heavy atom. The predicted octanol–water partition coefficient (Wildman–Crippen LogP) is 3.33. The maximum absolute atomic E-state index is 9.27. The van der Waals surface area contributed by atoms with Crippen molar-refractivity contribution in [3.63, 3.8) is 0 Å². The Morgan fingerprint density at radius 3 is 2.88 bits per heavy atom. The first-order valence-corrected chi connectivity index (χ1v) is 6.31. The van der Waals surface area contributed by atoms with Gasteiger partial charge in [0.1, 0.15) is 5.75 Å². The van der Waals surface area contributed by atoms with E-state index in [0.717, 1.165) is 24.6 Å². The van der Waals surface area contributed by atoms with E-state index in [4.69, 9.17) is 11.6 Å². The summed E-state index contributed by atoms with van der Waals surface area (Å²) < 4.78 is 0. The Labute approximate surface area is 102 Å². The van der Waals surface area contributed by atoms with E-state index in [1.165, 1.54) is 25.7 Å². The zero-order valence-electron chi connectivity index (χ0n) is 9.38. The summed E-state index contributed by atoms with van der Waals surface area (Å²) in [6.07, 6.45) is 5.50. The molecule has 0 unspecified atom stereocenters. The van der Waals surface area contributed by atoms with Gasteiger partial charge in [-0.25, -0.2) is 0 Å². The molecule has 0 aliphatic heterocycles. The molecule has 0 atom stereocenters. The molecule has 88 valence electrons. The first kappa shape index (κ1) is 11.7. The van der Waals surface area contributed by atoms with Crippen LogP contribution in [0.1, 0.15) is 31.2 Å². The van der Waals surface area contributed by atoms with Gasteiger partial charge in [-0.1, -0.05) is 30.5 Å². The van der Waals surface area contributed by atoms with Crippen molar-refractivity contribution < 1.29 is 5.11 Å². The Kier molecular flexibility index (Phi) is 4.08. The van der Waals surface area contributed by atoms with Crippen molar-refractivity contribution in [1.29, 1.82) is 0 Å². The molecule has 1 aromatic carbocycles. The van der Waals surface area contributed by atoms with Crippen LogP contribution in [0.15, 0.2) is 18.2 Å². The zero-order valence-corrected chi connectivity index (χ0v) is 10.1. The molecule has 16 heavy (non-hydrogen) atoms.